The van der Waals surface area contributed by atoms with Crippen molar-refractivity contribution in [3.63, 3.8) is 0 Å². The van der Waals surface area contributed by atoms with Crippen molar-refractivity contribution in [1.82, 2.24) is 14.5 Å². The molecular formula is C22H23N5O. The summed E-state index contributed by atoms with van der Waals surface area (Å²) in [6, 6.07) is 16.8. The maximum absolute atomic E-state index is 6.02. The van der Waals surface area contributed by atoms with Gasteiger partial charge < -0.3 is 20.8 Å². The van der Waals surface area contributed by atoms with E-state index in [4.69, 9.17) is 16.2 Å². The Bertz CT molecular complexity index is 1100. The largest absolute Gasteiger partial charge is 0.493 e. The van der Waals surface area contributed by atoms with Crippen molar-refractivity contribution in [3.05, 3.63) is 77.6 Å². The first kappa shape index (κ1) is 17.9. The van der Waals surface area contributed by atoms with Gasteiger partial charge in [0.1, 0.15) is 11.6 Å². The normalized spacial score (nSPS) is 11.0. The number of fused-ring (bicyclic) bond motifs is 1. The monoisotopic (exact) mass is 373 g/mol. The molecule has 0 amide bonds. The van der Waals surface area contributed by atoms with Gasteiger partial charge in [0.2, 0.25) is 5.95 Å². The Labute approximate surface area is 163 Å². The number of nitrogens with two attached hydrogens (primary N) is 2. The van der Waals surface area contributed by atoms with E-state index in [9.17, 15) is 0 Å². The van der Waals surface area contributed by atoms with Crippen LogP contribution in [0.2, 0.25) is 0 Å². The Morgan fingerprint density at radius 1 is 1.04 bits per heavy atom. The highest BCUT2D eigenvalue weighted by molar-refractivity contribution is 5.87. The standard InChI is InChI=1S/C22H23N5O/c1-2-28-20-12-16(10-17-13-25-22(24)26-21(17)23)11-19-18(20)8-9-27(19)14-15-6-4-3-5-7-15/h3-9,11-13H,2,10,14H2,1H3,(H4,23,24,25,26). The number of ether oxygens (including phenoxy) is 1. The summed E-state index contributed by atoms with van der Waals surface area (Å²) in [7, 11) is 0. The molecule has 6 heteroatoms. The fraction of sp³-hybridized carbons (Fsp3) is 0.182. The molecule has 4 rings (SSSR count). The van der Waals surface area contributed by atoms with Crippen LogP contribution >= 0.6 is 0 Å². The van der Waals surface area contributed by atoms with Crippen LogP contribution in [0.3, 0.4) is 0 Å². The number of hydrogen-bond acceptors (Lipinski definition) is 5. The van der Waals surface area contributed by atoms with Crippen molar-refractivity contribution in [2.45, 2.75) is 19.9 Å². The molecule has 0 unspecified atom stereocenters. The van der Waals surface area contributed by atoms with Crippen molar-refractivity contribution < 1.29 is 4.74 Å². The lowest BCUT2D eigenvalue weighted by Gasteiger charge is -2.12. The topological polar surface area (TPSA) is 92.0 Å². The number of nitrogens with zero attached hydrogens (tertiary/aromatic N) is 3. The molecule has 0 saturated heterocycles. The summed E-state index contributed by atoms with van der Waals surface area (Å²) in [5.74, 6) is 1.46. The van der Waals surface area contributed by atoms with Gasteiger partial charge in [-0.15, -0.1) is 0 Å². The first-order valence-corrected chi connectivity index (χ1v) is 9.29. The summed E-state index contributed by atoms with van der Waals surface area (Å²) in [5.41, 5.74) is 15.9. The molecule has 0 atom stereocenters. The van der Waals surface area contributed by atoms with Crippen LogP contribution in [0.5, 0.6) is 5.75 Å². The Morgan fingerprint density at radius 3 is 2.61 bits per heavy atom. The average Bonchev–Trinajstić information content (AvgIpc) is 3.08. The quantitative estimate of drug-likeness (QED) is 0.538. The van der Waals surface area contributed by atoms with E-state index in [1.165, 1.54) is 5.56 Å². The molecular weight excluding hydrogens is 350 g/mol. The molecule has 2 heterocycles. The summed E-state index contributed by atoms with van der Waals surface area (Å²) >= 11 is 0. The summed E-state index contributed by atoms with van der Waals surface area (Å²) in [5, 5.41) is 1.10. The number of anilines is 2. The van der Waals surface area contributed by atoms with E-state index in [0.29, 0.717) is 18.8 Å². The van der Waals surface area contributed by atoms with Crippen molar-refractivity contribution in [2.75, 3.05) is 18.1 Å². The van der Waals surface area contributed by atoms with E-state index in [1.54, 1.807) is 6.20 Å². The molecule has 0 fully saturated rings. The Balaban J connectivity index is 1.75. The molecule has 142 valence electrons. The molecule has 4 N–H and O–H groups in total. The lowest BCUT2D eigenvalue weighted by molar-refractivity contribution is 0.344. The second kappa shape index (κ2) is 7.60. The zero-order valence-corrected chi connectivity index (χ0v) is 15.8. The summed E-state index contributed by atoms with van der Waals surface area (Å²) in [6.45, 7) is 3.40. The van der Waals surface area contributed by atoms with Crippen LogP contribution in [0.15, 0.2) is 60.9 Å². The zero-order chi connectivity index (χ0) is 19.5. The van der Waals surface area contributed by atoms with Crippen LogP contribution in [0.1, 0.15) is 23.6 Å². The number of rotatable bonds is 6. The van der Waals surface area contributed by atoms with E-state index >= 15 is 0 Å². The Kier molecular flexibility index (Phi) is 4.85. The maximum atomic E-state index is 6.02. The molecule has 0 spiro atoms. The molecule has 0 aliphatic heterocycles. The highest BCUT2D eigenvalue weighted by atomic mass is 16.5. The van der Waals surface area contributed by atoms with E-state index in [2.05, 4.69) is 63.2 Å². The molecule has 0 saturated carbocycles. The molecule has 0 bridgehead atoms. The van der Waals surface area contributed by atoms with E-state index in [0.717, 1.165) is 34.3 Å². The number of hydrogen-bond donors (Lipinski definition) is 2. The first-order valence-electron chi connectivity index (χ1n) is 9.29. The molecule has 4 aromatic rings. The van der Waals surface area contributed by atoms with Crippen LogP contribution in [0.4, 0.5) is 11.8 Å². The van der Waals surface area contributed by atoms with E-state index in [1.807, 2.05) is 13.0 Å². The molecule has 0 aliphatic rings. The first-order chi connectivity index (χ1) is 13.6. The average molecular weight is 373 g/mol. The Hall–Kier alpha value is -3.54. The fourth-order valence-corrected chi connectivity index (χ4v) is 3.40. The van der Waals surface area contributed by atoms with Crippen LogP contribution in [0, 0.1) is 0 Å². The summed E-state index contributed by atoms with van der Waals surface area (Å²) in [4.78, 5) is 8.13. The van der Waals surface area contributed by atoms with Gasteiger partial charge in [-0.2, -0.15) is 4.98 Å². The molecule has 28 heavy (non-hydrogen) atoms. The molecule has 0 radical (unpaired) electrons. The van der Waals surface area contributed by atoms with Crippen molar-refractivity contribution >= 4 is 22.7 Å². The summed E-state index contributed by atoms with van der Waals surface area (Å²) in [6.07, 6.45) is 4.40. The minimum atomic E-state index is 0.184. The Morgan fingerprint density at radius 2 is 1.86 bits per heavy atom. The molecule has 2 aromatic heterocycles. The summed E-state index contributed by atoms with van der Waals surface area (Å²) < 4.78 is 8.15. The SMILES string of the molecule is CCOc1cc(Cc2cnc(N)nc2N)cc2c1ccn2Cc1ccccc1. The fourth-order valence-electron chi connectivity index (χ4n) is 3.40. The van der Waals surface area contributed by atoms with Gasteiger partial charge in [-0.25, -0.2) is 4.98 Å². The minimum Gasteiger partial charge on any atom is -0.493 e. The number of nitrogen functional groups attached to an aromatic ring is 2. The molecule has 2 aromatic carbocycles. The highest BCUT2D eigenvalue weighted by Crippen LogP contribution is 2.31. The predicted octanol–water partition coefficient (Wildman–Crippen LogP) is 3.63. The third kappa shape index (κ3) is 3.62. The number of aromatic nitrogens is 3. The van der Waals surface area contributed by atoms with Gasteiger partial charge in [0, 0.05) is 36.3 Å². The van der Waals surface area contributed by atoms with Gasteiger partial charge in [-0.1, -0.05) is 30.3 Å². The van der Waals surface area contributed by atoms with Gasteiger partial charge in [0.15, 0.2) is 0 Å². The van der Waals surface area contributed by atoms with Crippen LogP contribution < -0.4 is 16.2 Å². The van der Waals surface area contributed by atoms with Gasteiger partial charge in [0.25, 0.3) is 0 Å². The second-order valence-electron chi connectivity index (χ2n) is 6.70. The van der Waals surface area contributed by atoms with Crippen molar-refractivity contribution in [2.24, 2.45) is 0 Å². The molecule has 0 aliphatic carbocycles. The lowest BCUT2D eigenvalue weighted by atomic mass is 10.0. The smallest absolute Gasteiger partial charge is 0.221 e. The maximum Gasteiger partial charge on any atom is 0.221 e. The molecule has 6 nitrogen and oxygen atoms in total. The third-order valence-electron chi connectivity index (χ3n) is 4.72. The van der Waals surface area contributed by atoms with E-state index in [-0.39, 0.29) is 5.95 Å². The lowest BCUT2D eigenvalue weighted by Crippen LogP contribution is -2.04. The van der Waals surface area contributed by atoms with Crippen molar-refractivity contribution in [3.8, 4) is 5.75 Å². The third-order valence-corrected chi connectivity index (χ3v) is 4.72. The second-order valence-corrected chi connectivity index (χ2v) is 6.70. The van der Waals surface area contributed by atoms with Gasteiger partial charge >= 0.3 is 0 Å². The van der Waals surface area contributed by atoms with Crippen LogP contribution in [-0.2, 0) is 13.0 Å². The van der Waals surface area contributed by atoms with Gasteiger partial charge in [0.05, 0.1) is 12.1 Å². The minimum absolute atomic E-state index is 0.184. The number of benzene rings is 2. The van der Waals surface area contributed by atoms with Crippen LogP contribution in [0.25, 0.3) is 10.9 Å². The van der Waals surface area contributed by atoms with E-state index < -0.39 is 0 Å². The van der Waals surface area contributed by atoms with Gasteiger partial charge in [-0.3, -0.25) is 0 Å². The van der Waals surface area contributed by atoms with Crippen LogP contribution in [-0.4, -0.2) is 21.1 Å². The highest BCUT2D eigenvalue weighted by Gasteiger charge is 2.12. The van der Waals surface area contributed by atoms with Crippen molar-refractivity contribution in [1.29, 1.82) is 0 Å². The predicted molar refractivity (Wildman–Crippen MR) is 112 cm³/mol. The van der Waals surface area contributed by atoms with Gasteiger partial charge in [-0.05, 0) is 36.2 Å². The zero-order valence-electron chi connectivity index (χ0n) is 15.8.